The molecule has 0 aromatic heterocycles. The van der Waals surface area contributed by atoms with Crippen LogP contribution in [0.5, 0.6) is 11.5 Å². The lowest BCUT2D eigenvalue weighted by molar-refractivity contribution is -0.137. The van der Waals surface area contributed by atoms with Crippen molar-refractivity contribution in [3.05, 3.63) is 53.6 Å². The first-order valence-corrected chi connectivity index (χ1v) is 8.99. The predicted molar refractivity (Wildman–Crippen MR) is 121 cm³/mol. The van der Waals surface area contributed by atoms with Crippen molar-refractivity contribution >= 4 is 35.6 Å². The molecule has 1 heterocycles. The van der Waals surface area contributed by atoms with Gasteiger partial charge < -0.3 is 20.1 Å². The number of aliphatic imine (C=N–C) groups is 1. The Kier molecular flexibility index (Phi) is 8.65. The zero-order chi connectivity index (χ0) is 20.7. The van der Waals surface area contributed by atoms with E-state index >= 15 is 0 Å². The molecule has 2 N–H and O–H groups in total. The van der Waals surface area contributed by atoms with Gasteiger partial charge in [-0.2, -0.15) is 13.2 Å². The summed E-state index contributed by atoms with van der Waals surface area (Å²) < 4.78 is 49.5. The summed E-state index contributed by atoms with van der Waals surface area (Å²) >= 11 is 0. The van der Waals surface area contributed by atoms with Gasteiger partial charge in [-0.3, -0.25) is 4.99 Å². The van der Waals surface area contributed by atoms with E-state index in [1.54, 1.807) is 7.05 Å². The number of guanidine groups is 1. The SMILES string of the molecule is CN=C(NCC#Cc1cccc(C(F)(F)F)c1)Nc1ccc2c(c1)OCCCO2.I. The molecule has 0 saturated heterocycles. The molecule has 30 heavy (non-hydrogen) atoms. The summed E-state index contributed by atoms with van der Waals surface area (Å²) in [6.45, 7) is 1.42. The predicted octanol–water partition coefficient (Wildman–Crippen LogP) is 4.52. The molecule has 0 unspecified atom stereocenters. The van der Waals surface area contributed by atoms with E-state index in [9.17, 15) is 13.2 Å². The zero-order valence-corrected chi connectivity index (χ0v) is 18.5. The molecule has 0 atom stereocenters. The molecule has 2 aromatic rings. The van der Waals surface area contributed by atoms with Gasteiger partial charge >= 0.3 is 6.18 Å². The lowest BCUT2D eigenvalue weighted by atomic mass is 10.1. The average Bonchev–Trinajstić information content (AvgIpc) is 2.95. The van der Waals surface area contributed by atoms with E-state index in [2.05, 4.69) is 27.5 Å². The summed E-state index contributed by atoms with van der Waals surface area (Å²) in [5, 5.41) is 6.11. The van der Waals surface area contributed by atoms with E-state index in [1.807, 2.05) is 18.2 Å². The maximum atomic E-state index is 12.7. The van der Waals surface area contributed by atoms with Crippen LogP contribution in [0.3, 0.4) is 0 Å². The van der Waals surface area contributed by atoms with Gasteiger partial charge in [-0.25, -0.2) is 0 Å². The molecule has 2 aromatic carbocycles. The Bertz CT molecular complexity index is 952. The van der Waals surface area contributed by atoms with Gasteiger partial charge in [0.15, 0.2) is 17.5 Å². The van der Waals surface area contributed by atoms with Gasteiger partial charge in [-0.05, 0) is 30.3 Å². The number of nitrogens with zero attached hydrogens (tertiary/aromatic N) is 1. The number of nitrogens with one attached hydrogen (secondary N) is 2. The highest BCUT2D eigenvalue weighted by Gasteiger charge is 2.30. The first-order valence-electron chi connectivity index (χ1n) is 8.99. The molecule has 0 amide bonds. The number of benzene rings is 2. The first-order chi connectivity index (χ1) is 14.0. The van der Waals surface area contributed by atoms with Gasteiger partial charge in [0.05, 0.1) is 25.3 Å². The molecule has 0 radical (unpaired) electrons. The molecule has 160 valence electrons. The minimum Gasteiger partial charge on any atom is -0.490 e. The number of rotatable bonds is 2. The molecule has 0 aliphatic carbocycles. The van der Waals surface area contributed by atoms with Crippen molar-refractivity contribution in [2.75, 3.05) is 32.1 Å². The standard InChI is InChI=1S/C21H20F3N3O2.HI/c1-25-20(27-17-8-9-18-19(14-17)29-12-4-11-28-18)26-10-3-6-15-5-2-7-16(13-15)21(22,23)24;/h2,5,7-9,13-14H,4,10-12H2,1H3,(H2,25,26,27);1H. The van der Waals surface area contributed by atoms with Gasteiger partial charge in [-0.15, -0.1) is 24.0 Å². The van der Waals surface area contributed by atoms with E-state index in [1.165, 1.54) is 12.1 Å². The van der Waals surface area contributed by atoms with Crippen LogP contribution in [0.25, 0.3) is 0 Å². The maximum absolute atomic E-state index is 12.7. The largest absolute Gasteiger partial charge is 0.490 e. The Morgan fingerprint density at radius 3 is 2.60 bits per heavy atom. The van der Waals surface area contributed by atoms with Crippen LogP contribution in [0.2, 0.25) is 0 Å². The first kappa shape index (κ1) is 23.7. The van der Waals surface area contributed by atoms with Gasteiger partial charge in [0, 0.05) is 30.8 Å². The van der Waals surface area contributed by atoms with Crippen LogP contribution >= 0.6 is 24.0 Å². The van der Waals surface area contributed by atoms with E-state index in [0.29, 0.717) is 36.2 Å². The van der Waals surface area contributed by atoms with Crippen LogP contribution in [-0.2, 0) is 6.18 Å². The summed E-state index contributed by atoms with van der Waals surface area (Å²) in [5.74, 6) is 7.34. The van der Waals surface area contributed by atoms with Crippen LogP contribution < -0.4 is 20.1 Å². The van der Waals surface area contributed by atoms with Gasteiger partial charge in [0.25, 0.3) is 0 Å². The van der Waals surface area contributed by atoms with Crippen LogP contribution in [0.15, 0.2) is 47.5 Å². The van der Waals surface area contributed by atoms with E-state index < -0.39 is 11.7 Å². The zero-order valence-electron chi connectivity index (χ0n) is 16.2. The molecular formula is C21H21F3IN3O2. The highest BCUT2D eigenvalue weighted by molar-refractivity contribution is 14.0. The van der Waals surface area contributed by atoms with Crippen molar-refractivity contribution in [1.82, 2.24) is 5.32 Å². The Hall–Kier alpha value is -2.61. The van der Waals surface area contributed by atoms with E-state index in [-0.39, 0.29) is 30.5 Å². The molecular weight excluding hydrogens is 510 g/mol. The molecule has 1 aliphatic rings. The van der Waals surface area contributed by atoms with Gasteiger partial charge in [0.2, 0.25) is 0 Å². The molecule has 5 nitrogen and oxygen atoms in total. The Labute approximate surface area is 190 Å². The van der Waals surface area contributed by atoms with E-state index in [0.717, 1.165) is 24.2 Å². The highest BCUT2D eigenvalue weighted by Crippen LogP contribution is 2.32. The van der Waals surface area contributed by atoms with Crippen molar-refractivity contribution in [3.63, 3.8) is 0 Å². The van der Waals surface area contributed by atoms with Crippen LogP contribution in [-0.4, -0.2) is 32.8 Å². The normalized spacial score (nSPS) is 13.3. The fraction of sp³-hybridized carbons (Fsp3) is 0.286. The lowest BCUT2D eigenvalue weighted by Gasteiger charge is -2.12. The number of anilines is 1. The van der Waals surface area contributed by atoms with Crippen LogP contribution in [0.1, 0.15) is 17.5 Å². The van der Waals surface area contributed by atoms with Crippen molar-refractivity contribution in [1.29, 1.82) is 0 Å². The molecule has 0 bridgehead atoms. The van der Waals surface area contributed by atoms with Crippen LogP contribution in [0.4, 0.5) is 18.9 Å². The lowest BCUT2D eigenvalue weighted by Crippen LogP contribution is -2.30. The number of fused-ring (bicyclic) bond motifs is 1. The third-order valence-corrected chi connectivity index (χ3v) is 4.00. The Morgan fingerprint density at radius 2 is 1.87 bits per heavy atom. The van der Waals surface area contributed by atoms with Crippen LogP contribution in [0, 0.1) is 11.8 Å². The van der Waals surface area contributed by atoms with Crippen molar-refractivity contribution < 1.29 is 22.6 Å². The smallest absolute Gasteiger partial charge is 0.416 e. The molecule has 0 spiro atoms. The fourth-order valence-electron chi connectivity index (χ4n) is 2.60. The topological polar surface area (TPSA) is 54.9 Å². The number of ether oxygens (including phenoxy) is 2. The Morgan fingerprint density at radius 1 is 1.10 bits per heavy atom. The average molecular weight is 531 g/mol. The monoisotopic (exact) mass is 531 g/mol. The summed E-state index contributed by atoms with van der Waals surface area (Å²) in [4.78, 5) is 4.11. The molecule has 0 saturated carbocycles. The summed E-state index contributed by atoms with van der Waals surface area (Å²) in [5.41, 5.74) is 0.338. The molecule has 9 heteroatoms. The highest BCUT2D eigenvalue weighted by atomic mass is 127. The van der Waals surface area contributed by atoms with Crippen molar-refractivity contribution in [2.45, 2.75) is 12.6 Å². The number of hydrogen-bond donors (Lipinski definition) is 2. The van der Waals surface area contributed by atoms with E-state index in [4.69, 9.17) is 9.47 Å². The van der Waals surface area contributed by atoms with Gasteiger partial charge in [0.1, 0.15) is 0 Å². The van der Waals surface area contributed by atoms with Crippen molar-refractivity contribution in [3.8, 4) is 23.3 Å². The number of hydrogen-bond acceptors (Lipinski definition) is 3. The fourth-order valence-corrected chi connectivity index (χ4v) is 2.60. The summed E-state index contributed by atoms with van der Waals surface area (Å²) in [6, 6.07) is 10.4. The molecule has 1 aliphatic heterocycles. The molecule has 3 rings (SSSR count). The number of alkyl halides is 3. The maximum Gasteiger partial charge on any atom is 0.416 e. The minimum absolute atomic E-state index is 0. The second-order valence-electron chi connectivity index (χ2n) is 6.14. The van der Waals surface area contributed by atoms with Gasteiger partial charge in [-0.1, -0.05) is 17.9 Å². The second kappa shape index (κ2) is 11.0. The third-order valence-electron chi connectivity index (χ3n) is 4.00. The van der Waals surface area contributed by atoms with Crippen molar-refractivity contribution in [2.24, 2.45) is 4.99 Å². The number of halogens is 4. The second-order valence-corrected chi connectivity index (χ2v) is 6.14. The Balaban J connectivity index is 0.00000320. The summed E-state index contributed by atoms with van der Waals surface area (Å²) in [6.07, 6.45) is -3.56. The summed E-state index contributed by atoms with van der Waals surface area (Å²) in [7, 11) is 1.61. The quantitative estimate of drug-likeness (QED) is 0.259. The third kappa shape index (κ3) is 6.73. The molecule has 0 fully saturated rings. The minimum atomic E-state index is -4.38.